The van der Waals surface area contributed by atoms with Gasteiger partial charge in [-0.2, -0.15) is 0 Å². The van der Waals surface area contributed by atoms with Crippen LogP contribution in [0.25, 0.3) is 0 Å². The van der Waals surface area contributed by atoms with Crippen molar-refractivity contribution in [1.29, 1.82) is 0 Å². The smallest absolute Gasteiger partial charge is 0.407 e. The van der Waals surface area contributed by atoms with Crippen LogP contribution in [0.4, 0.5) is 4.79 Å². The lowest BCUT2D eigenvalue weighted by molar-refractivity contribution is -0.134. The van der Waals surface area contributed by atoms with Crippen LogP contribution in [-0.4, -0.2) is 41.6 Å². The van der Waals surface area contributed by atoms with Crippen molar-refractivity contribution in [1.82, 2.24) is 10.2 Å². The molecule has 0 aliphatic carbocycles. The molecule has 0 unspecified atom stereocenters. The van der Waals surface area contributed by atoms with E-state index in [1.807, 2.05) is 44.7 Å². The number of amides is 2. The predicted octanol–water partition coefficient (Wildman–Crippen LogP) is 3.67. The van der Waals surface area contributed by atoms with Gasteiger partial charge in [0.1, 0.15) is 17.1 Å². The highest BCUT2D eigenvalue weighted by molar-refractivity contribution is 5.76. The molecular weight excluding hydrogens is 332 g/mol. The number of aryl methyl sites for hydroxylation is 2. The van der Waals surface area contributed by atoms with E-state index in [2.05, 4.69) is 19.2 Å². The summed E-state index contributed by atoms with van der Waals surface area (Å²) in [6.45, 7) is 12.8. The second-order valence-corrected chi connectivity index (χ2v) is 8.80. The van der Waals surface area contributed by atoms with Gasteiger partial charge >= 0.3 is 6.09 Å². The monoisotopic (exact) mass is 364 g/mol. The zero-order valence-corrected chi connectivity index (χ0v) is 16.8. The number of alkyl carbamates (subject to hydrolysis) is 1. The molecule has 1 N–H and O–H groups in total. The minimum absolute atomic E-state index is 0.0193. The molecule has 1 aromatic heterocycles. The number of nitrogens with one attached hydrogen (secondary N) is 1. The van der Waals surface area contributed by atoms with E-state index in [-0.39, 0.29) is 17.4 Å². The van der Waals surface area contributed by atoms with E-state index in [4.69, 9.17) is 9.15 Å². The minimum atomic E-state index is -0.519. The number of rotatable bonds is 4. The number of furan rings is 1. The van der Waals surface area contributed by atoms with Gasteiger partial charge in [0.15, 0.2) is 0 Å². The largest absolute Gasteiger partial charge is 0.466 e. The fourth-order valence-electron chi connectivity index (χ4n) is 3.29. The Labute approximate surface area is 156 Å². The average molecular weight is 364 g/mol. The van der Waals surface area contributed by atoms with E-state index < -0.39 is 11.7 Å². The summed E-state index contributed by atoms with van der Waals surface area (Å²) in [6, 6.07) is 3.81. The summed E-state index contributed by atoms with van der Waals surface area (Å²) in [7, 11) is 0. The number of hydrogen-bond acceptors (Lipinski definition) is 4. The van der Waals surface area contributed by atoms with Crippen LogP contribution >= 0.6 is 0 Å². The van der Waals surface area contributed by atoms with Gasteiger partial charge in [0.2, 0.25) is 5.91 Å². The second kappa shape index (κ2) is 7.72. The second-order valence-electron chi connectivity index (χ2n) is 8.80. The van der Waals surface area contributed by atoms with Gasteiger partial charge in [-0.15, -0.1) is 0 Å². The molecule has 2 amide bonds. The summed E-state index contributed by atoms with van der Waals surface area (Å²) in [5.41, 5.74) is -0.735. The molecule has 2 heterocycles. The molecule has 1 fully saturated rings. The van der Waals surface area contributed by atoms with Crippen molar-refractivity contribution in [2.24, 2.45) is 5.41 Å². The topological polar surface area (TPSA) is 71.8 Å². The Morgan fingerprint density at radius 2 is 2.04 bits per heavy atom. The van der Waals surface area contributed by atoms with Crippen LogP contribution in [0.2, 0.25) is 0 Å². The third kappa shape index (κ3) is 5.78. The summed E-state index contributed by atoms with van der Waals surface area (Å²) in [6.07, 6.45) is 1.37. The van der Waals surface area contributed by atoms with Crippen molar-refractivity contribution in [2.45, 2.75) is 72.4 Å². The molecule has 0 bridgehead atoms. The molecular formula is C20H32N2O4. The highest BCUT2D eigenvalue weighted by Crippen LogP contribution is 2.30. The van der Waals surface area contributed by atoms with Gasteiger partial charge in [0.25, 0.3) is 0 Å². The Morgan fingerprint density at radius 3 is 2.58 bits per heavy atom. The van der Waals surface area contributed by atoms with Crippen LogP contribution in [0.1, 0.15) is 59.0 Å². The minimum Gasteiger partial charge on any atom is -0.466 e. The molecule has 1 atom stereocenters. The normalized spacial score (nSPS) is 19.9. The van der Waals surface area contributed by atoms with Crippen molar-refractivity contribution in [3.05, 3.63) is 23.7 Å². The van der Waals surface area contributed by atoms with Crippen LogP contribution in [0.3, 0.4) is 0 Å². The molecule has 146 valence electrons. The van der Waals surface area contributed by atoms with Crippen LogP contribution in [0.5, 0.6) is 0 Å². The van der Waals surface area contributed by atoms with Gasteiger partial charge in [-0.3, -0.25) is 4.79 Å². The molecule has 1 saturated heterocycles. The van der Waals surface area contributed by atoms with Gasteiger partial charge < -0.3 is 19.4 Å². The molecule has 6 heteroatoms. The van der Waals surface area contributed by atoms with E-state index >= 15 is 0 Å². The molecule has 6 nitrogen and oxygen atoms in total. The van der Waals surface area contributed by atoms with Crippen molar-refractivity contribution in [3.8, 4) is 0 Å². The molecule has 2 rings (SSSR count). The van der Waals surface area contributed by atoms with Crippen molar-refractivity contribution in [2.75, 3.05) is 13.1 Å². The van der Waals surface area contributed by atoms with Crippen molar-refractivity contribution in [3.63, 3.8) is 0 Å². The molecule has 1 aromatic rings. The van der Waals surface area contributed by atoms with Gasteiger partial charge in [-0.25, -0.2) is 4.79 Å². The Morgan fingerprint density at radius 1 is 1.35 bits per heavy atom. The first-order chi connectivity index (χ1) is 12.0. The van der Waals surface area contributed by atoms with E-state index in [0.29, 0.717) is 25.9 Å². The number of likely N-dealkylation sites (tertiary alicyclic amines) is 1. The number of nitrogens with zero attached hydrogens (tertiary/aromatic N) is 1. The summed E-state index contributed by atoms with van der Waals surface area (Å²) in [4.78, 5) is 26.5. The first kappa shape index (κ1) is 20.3. The first-order valence-corrected chi connectivity index (χ1v) is 9.29. The quantitative estimate of drug-likeness (QED) is 0.885. The summed E-state index contributed by atoms with van der Waals surface area (Å²) < 4.78 is 10.9. The maximum Gasteiger partial charge on any atom is 0.407 e. The molecule has 0 saturated carbocycles. The van der Waals surface area contributed by atoms with Gasteiger partial charge in [-0.05, 0) is 46.2 Å². The van der Waals surface area contributed by atoms with Gasteiger partial charge in [-0.1, -0.05) is 13.8 Å². The van der Waals surface area contributed by atoms with Crippen LogP contribution in [-0.2, 0) is 16.0 Å². The summed E-state index contributed by atoms with van der Waals surface area (Å²) in [5.74, 6) is 1.84. The Kier molecular flexibility index (Phi) is 6.04. The third-order valence-corrected chi connectivity index (χ3v) is 4.65. The highest BCUT2D eigenvalue weighted by Gasteiger charge is 2.38. The number of piperidine rings is 1. The highest BCUT2D eigenvalue weighted by atomic mass is 16.6. The fourth-order valence-corrected chi connectivity index (χ4v) is 3.29. The lowest BCUT2D eigenvalue weighted by atomic mass is 9.79. The molecule has 0 spiro atoms. The fraction of sp³-hybridized carbons (Fsp3) is 0.700. The van der Waals surface area contributed by atoms with Gasteiger partial charge in [0.05, 0.1) is 0 Å². The SMILES string of the molecule is Cc1ccc(CCC(=O)N2CC[C@H](NC(=O)OC(C)(C)C)C(C)(C)C2)o1. The first-order valence-electron chi connectivity index (χ1n) is 9.29. The number of carbonyl (C=O) groups is 2. The average Bonchev–Trinajstić information content (AvgIpc) is 2.90. The van der Waals surface area contributed by atoms with E-state index in [1.54, 1.807) is 0 Å². The zero-order valence-electron chi connectivity index (χ0n) is 16.8. The maximum absolute atomic E-state index is 12.6. The molecule has 1 aliphatic heterocycles. The summed E-state index contributed by atoms with van der Waals surface area (Å²) in [5, 5.41) is 2.97. The van der Waals surface area contributed by atoms with Gasteiger partial charge in [0, 0.05) is 37.4 Å². The van der Waals surface area contributed by atoms with E-state index in [9.17, 15) is 9.59 Å². The molecule has 1 aliphatic rings. The molecule has 0 radical (unpaired) electrons. The number of ether oxygens (including phenoxy) is 1. The standard InChI is InChI=1S/C20H32N2O4/c1-14-7-8-15(25-14)9-10-17(23)22-12-11-16(20(5,6)13-22)21-18(24)26-19(2,3)4/h7-8,16H,9-13H2,1-6H3,(H,21,24)/t16-/m0/s1. The number of carbonyl (C=O) groups excluding carboxylic acids is 2. The number of hydrogen-bond donors (Lipinski definition) is 1. The van der Waals surface area contributed by atoms with Crippen LogP contribution in [0.15, 0.2) is 16.5 Å². The van der Waals surface area contributed by atoms with Crippen LogP contribution in [0, 0.1) is 12.3 Å². The maximum atomic E-state index is 12.6. The van der Waals surface area contributed by atoms with Crippen molar-refractivity contribution < 1.29 is 18.7 Å². The third-order valence-electron chi connectivity index (χ3n) is 4.65. The lowest BCUT2D eigenvalue weighted by Gasteiger charge is -2.44. The Hall–Kier alpha value is -1.98. The summed E-state index contributed by atoms with van der Waals surface area (Å²) >= 11 is 0. The Bertz CT molecular complexity index is 642. The predicted molar refractivity (Wildman–Crippen MR) is 99.9 cm³/mol. The lowest BCUT2D eigenvalue weighted by Crippen LogP contribution is -2.57. The van der Waals surface area contributed by atoms with Crippen LogP contribution < -0.4 is 5.32 Å². The Balaban J connectivity index is 1.86. The van der Waals surface area contributed by atoms with E-state index in [0.717, 1.165) is 17.9 Å². The zero-order chi connectivity index (χ0) is 19.5. The van der Waals surface area contributed by atoms with Crippen molar-refractivity contribution >= 4 is 12.0 Å². The molecule has 26 heavy (non-hydrogen) atoms. The van der Waals surface area contributed by atoms with E-state index in [1.165, 1.54) is 0 Å². The molecule has 0 aromatic carbocycles.